The van der Waals surface area contributed by atoms with E-state index < -0.39 is 0 Å². The highest BCUT2D eigenvalue weighted by atomic mass is 32.1. The molecule has 0 saturated carbocycles. The van der Waals surface area contributed by atoms with E-state index in [1.807, 2.05) is 25.1 Å². The number of methoxy groups -OCH3 is 2. The molecule has 150 valence electrons. The fraction of sp³-hybridized carbons (Fsp3) is 0.474. The van der Waals surface area contributed by atoms with Crippen molar-refractivity contribution in [2.24, 2.45) is 0 Å². The van der Waals surface area contributed by atoms with Gasteiger partial charge in [0, 0.05) is 6.07 Å². The third-order valence-electron chi connectivity index (χ3n) is 5.47. The molecule has 1 aliphatic rings. The molecule has 1 aromatic carbocycles. The minimum absolute atomic E-state index is 0.0530. The summed E-state index contributed by atoms with van der Waals surface area (Å²) in [5.74, 6) is 2.34. The lowest BCUT2D eigenvalue weighted by Crippen LogP contribution is -3.27. The topological polar surface area (TPSA) is 77.8 Å². The van der Waals surface area contributed by atoms with Crippen molar-refractivity contribution in [2.75, 3.05) is 47.4 Å². The normalized spacial score (nSPS) is 21.0. The molecule has 0 spiro atoms. The summed E-state index contributed by atoms with van der Waals surface area (Å²) in [6.07, 6.45) is 0. The summed E-state index contributed by atoms with van der Waals surface area (Å²) in [7, 11) is 5.54. The van der Waals surface area contributed by atoms with E-state index in [-0.39, 0.29) is 11.9 Å². The molecule has 0 amide bonds. The number of nitrogens with zero attached hydrogens (tertiary/aromatic N) is 3. The molecule has 3 heterocycles. The van der Waals surface area contributed by atoms with Crippen LogP contribution in [0.5, 0.6) is 17.4 Å². The van der Waals surface area contributed by atoms with Gasteiger partial charge >= 0.3 is 0 Å². The summed E-state index contributed by atoms with van der Waals surface area (Å²) in [6, 6.07) is 5.84. The van der Waals surface area contributed by atoms with Gasteiger partial charge in [0.25, 0.3) is 0 Å². The third kappa shape index (κ3) is 3.30. The first-order chi connectivity index (χ1) is 13.5. The Balaban J connectivity index is 1.84. The van der Waals surface area contributed by atoms with Crippen molar-refractivity contribution in [3.63, 3.8) is 0 Å². The molecule has 1 aliphatic heterocycles. The summed E-state index contributed by atoms with van der Waals surface area (Å²) in [4.78, 5) is 8.96. The van der Waals surface area contributed by atoms with Crippen molar-refractivity contribution in [1.29, 1.82) is 0 Å². The lowest BCUT2D eigenvalue weighted by molar-refractivity contribution is -1.02. The highest BCUT2D eigenvalue weighted by molar-refractivity contribution is 7.17. The van der Waals surface area contributed by atoms with Crippen molar-refractivity contribution < 1.29 is 24.4 Å². The second-order valence-electron chi connectivity index (χ2n) is 7.30. The number of rotatable bonds is 5. The van der Waals surface area contributed by atoms with Crippen LogP contribution < -0.4 is 19.3 Å². The van der Waals surface area contributed by atoms with Gasteiger partial charge in [-0.05, 0) is 19.1 Å². The average Bonchev–Trinajstić information content (AvgIpc) is 3.21. The summed E-state index contributed by atoms with van der Waals surface area (Å²) >= 11 is 1.50. The minimum Gasteiger partial charge on any atom is -0.497 e. The first kappa shape index (κ1) is 19.0. The predicted molar refractivity (Wildman–Crippen MR) is 106 cm³/mol. The van der Waals surface area contributed by atoms with E-state index >= 15 is 0 Å². The zero-order valence-electron chi connectivity index (χ0n) is 16.7. The maximum Gasteiger partial charge on any atom is 0.235 e. The Kier molecular flexibility index (Phi) is 5.13. The fourth-order valence-electron chi connectivity index (χ4n) is 3.93. The Bertz CT molecular complexity index is 978. The van der Waals surface area contributed by atoms with Crippen molar-refractivity contribution >= 4 is 16.3 Å². The Morgan fingerprint density at radius 3 is 2.57 bits per heavy atom. The van der Waals surface area contributed by atoms with Crippen LogP contribution in [0.4, 0.5) is 0 Å². The van der Waals surface area contributed by atoms with Crippen LogP contribution in [0.1, 0.15) is 22.3 Å². The van der Waals surface area contributed by atoms with Crippen LogP contribution in [0, 0.1) is 6.92 Å². The van der Waals surface area contributed by atoms with E-state index in [0.29, 0.717) is 10.8 Å². The first-order valence-corrected chi connectivity index (χ1v) is 10.3. The van der Waals surface area contributed by atoms with Crippen molar-refractivity contribution in [1.82, 2.24) is 14.6 Å². The number of likely N-dealkylation sites (N-methyl/N-ethyl adjacent to an activating group) is 1. The number of nitrogens with one attached hydrogen (secondary N) is 2. The number of ether oxygens (including phenoxy) is 2. The van der Waals surface area contributed by atoms with E-state index in [1.165, 1.54) is 21.1 Å². The predicted octanol–water partition coefficient (Wildman–Crippen LogP) is -0.675. The monoisotopic (exact) mass is 405 g/mol. The Hall–Kier alpha value is -2.36. The van der Waals surface area contributed by atoms with E-state index in [9.17, 15) is 5.11 Å². The second-order valence-corrected chi connectivity index (χ2v) is 8.31. The molecule has 0 unspecified atom stereocenters. The van der Waals surface area contributed by atoms with Gasteiger partial charge in [-0.1, -0.05) is 11.3 Å². The Labute approximate surface area is 167 Å². The van der Waals surface area contributed by atoms with Crippen molar-refractivity contribution in [3.05, 3.63) is 34.5 Å². The zero-order chi connectivity index (χ0) is 19.8. The van der Waals surface area contributed by atoms with E-state index in [4.69, 9.17) is 9.47 Å². The smallest absolute Gasteiger partial charge is 0.235 e. The van der Waals surface area contributed by atoms with Gasteiger partial charge < -0.3 is 24.4 Å². The Morgan fingerprint density at radius 2 is 1.93 bits per heavy atom. The highest BCUT2D eigenvalue weighted by Crippen LogP contribution is 2.39. The van der Waals surface area contributed by atoms with Crippen LogP contribution in [0.15, 0.2) is 18.2 Å². The van der Waals surface area contributed by atoms with Crippen LogP contribution in [0.3, 0.4) is 0 Å². The SMILES string of the molecule is COc1ccc([C@@H](c2sc3nc(C)nn3c2O)[NH+]2CC[NH+](C)CC2)c(OC)c1. The van der Waals surface area contributed by atoms with Crippen LogP contribution >= 0.6 is 11.3 Å². The Morgan fingerprint density at radius 1 is 1.18 bits per heavy atom. The summed E-state index contributed by atoms with van der Waals surface area (Å²) < 4.78 is 12.6. The number of fused-ring (bicyclic) bond motifs is 1. The largest absolute Gasteiger partial charge is 0.497 e. The average molecular weight is 406 g/mol. The van der Waals surface area contributed by atoms with Crippen LogP contribution in [0.25, 0.3) is 4.96 Å². The number of quaternary nitrogens is 2. The van der Waals surface area contributed by atoms with Gasteiger partial charge in [-0.3, -0.25) is 0 Å². The fourth-order valence-corrected chi connectivity index (χ4v) is 5.10. The van der Waals surface area contributed by atoms with Gasteiger partial charge in [0.05, 0.1) is 26.8 Å². The van der Waals surface area contributed by atoms with Crippen LogP contribution in [-0.2, 0) is 0 Å². The van der Waals surface area contributed by atoms with Crippen molar-refractivity contribution in [3.8, 4) is 17.4 Å². The van der Waals surface area contributed by atoms with E-state index in [1.54, 1.807) is 18.7 Å². The molecule has 2 aromatic heterocycles. The van der Waals surface area contributed by atoms with Crippen LogP contribution in [0.2, 0.25) is 0 Å². The number of hydrogen-bond donors (Lipinski definition) is 3. The molecule has 8 nitrogen and oxygen atoms in total. The molecule has 1 atom stereocenters. The first-order valence-electron chi connectivity index (χ1n) is 9.44. The van der Waals surface area contributed by atoms with Crippen molar-refractivity contribution in [2.45, 2.75) is 13.0 Å². The number of benzene rings is 1. The molecule has 3 N–H and O–H groups in total. The number of piperazine rings is 1. The third-order valence-corrected chi connectivity index (χ3v) is 6.56. The van der Waals surface area contributed by atoms with Gasteiger partial charge in [-0.15, -0.1) is 5.10 Å². The molecule has 4 rings (SSSR count). The molecular formula is C19H27N5O3S+2. The number of thiazole rings is 1. The van der Waals surface area contributed by atoms with Gasteiger partial charge in [-0.2, -0.15) is 4.52 Å². The molecular weight excluding hydrogens is 378 g/mol. The molecule has 28 heavy (non-hydrogen) atoms. The number of hydrogen-bond acceptors (Lipinski definition) is 6. The zero-order valence-corrected chi connectivity index (χ0v) is 17.5. The lowest BCUT2D eigenvalue weighted by Gasteiger charge is -2.33. The van der Waals surface area contributed by atoms with Crippen LogP contribution in [-0.4, -0.2) is 67.2 Å². The number of aromatic hydroxyl groups is 1. The van der Waals surface area contributed by atoms with E-state index in [0.717, 1.165) is 48.1 Å². The molecule has 0 radical (unpaired) electrons. The second kappa shape index (κ2) is 7.57. The summed E-state index contributed by atoms with van der Waals surface area (Å²) in [5, 5.41) is 15.3. The van der Waals surface area contributed by atoms with Gasteiger partial charge in [0.2, 0.25) is 10.8 Å². The molecule has 0 bridgehead atoms. The quantitative estimate of drug-likeness (QED) is 0.525. The molecule has 1 saturated heterocycles. The summed E-state index contributed by atoms with van der Waals surface area (Å²) in [5.41, 5.74) is 1.04. The maximum atomic E-state index is 11.0. The highest BCUT2D eigenvalue weighted by Gasteiger charge is 2.37. The number of aryl methyl sites for hydroxylation is 1. The van der Waals surface area contributed by atoms with Gasteiger partial charge in [0.15, 0.2) is 6.04 Å². The standard InChI is InChI=1S/C19H25N5O3S/c1-12-20-19-24(21-12)18(25)17(28-19)16(23-9-7-22(2)8-10-23)14-6-5-13(26-3)11-15(14)27-4/h5-6,11,16,25H,7-10H2,1-4H3/p+2/t16-/m0/s1. The van der Waals surface area contributed by atoms with Gasteiger partial charge in [0.1, 0.15) is 48.4 Å². The number of aromatic nitrogens is 3. The molecule has 1 fully saturated rings. The maximum absolute atomic E-state index is 11.0. The molecule has 3 aromatic rings. The summed E-state index contributed by atoms with van der Waals surface area (Å²) in [6.45, 7) is 6.03. The van der Waals surface area contributed by atoms with Gasteiger partial charge in [-0.25, -0.2) is 4.98 Å². The van der Waals surface area contributed by atoms with E-state index in [2.05, 4.69) is 17.1 Å². The minimum atomic E-state index is -0.0530. The molecule has 9 heteroatoms. The lowest BCUT2D eigenvalue weighted by atomic mass is 10.0. The molecule has 0 aliphatic carbocycles.